The fraction of sp³-hybridized carbons (Fsp3) is 0.700. The monoisotopic (exact) mass is 476 g/mol. The fourth-order valence-corrected chi connectivity index (χ4v) is 3.75. The van der Waals surface area contributed by atoms with Crippen LogP contribution in [0.5, 0.6) is 0 Å². The van der Waals surface area contributed by atoms with E-state index in [1.165, 1.54) is 0 Å². The summed E-state index contributed by atoms with van der Waals surface area (Å²) in [5.74, 6) is -1.77. The van der Waals surface area contributed by atoms with E-state index >= 15 is 0 Å². The van der Waals surface area contributed by atoms with Crippen molar-refractivity contribution in [2.75, 3.05) is 13.1 Å². The first-order valence-electron chi connectivity index (χ1n) is 6.49. The summed E-state index contributed by atoms with van der Waals surface area (Å²) in [5, 5.41) is 0. The van der Waals surface area contributed by atoms with E-state index in [2.05, 4.69) is 13.8 Å². The summed E-state index contributed by atoms with van der Waals surface area (Å²) in [6.45, 7) is 1.17. The van der Waals surface area contributed by atoms with Crippen LogP contribution < -0.4 is 0 Å². The third-order valence-corrected chi connectivity index (χ3v) is 5.07. The number of nitrogens with zero attached hydrogens (tertiary/aromatic N) is 4. The molecule has 1 atom stereocenters. The van der Waals surface area contributed by atoms with Gasteiger partial charge in [0.05, 0.1) is 0 Å². The number of halogens is 6. The normalized spacial score (nSPS) is 25.5. The predicted octanol–water partition coefficient (Wildman–Crippen LogP) is 3.82. The van der Waals surface area contributed by atoms with Gasteiger partial charge in [0.25, 0.3) is 7.59 Å². The zero-order valence-electron chi connectivity index (χ0n) is 11.7. The van der Waals surface area contributed by atoms with Gasteiger partial charge in [0.2, 0.25) is 0 Å². The minimum absolute atomic E-state index is 0.114. The Morgan fingerprint density at radius 2 is 1.71 bits per heavy atom. The molecule has 0 N–H and O–H groups in total. The molecule has 1 saturated heterocycles. The number of piperidine rings is 1. The maximum Gasteiger partial charge on any atom is 0.333 e. The van der Waals surface area contributed by atoms with Crippen molar-refractivity contribution in [3.05, 3.63) is 0 Å². The summed E-state index contributed by atoms with van der Waals surface area (Å²) in [4.78, 5) is 17.4. The molecule has 0 spiro atoms. The number of amidine groups is 2. The summed E-state index contributed by atoms with van der Waals surface area (Å²) in [6, 6.07) is -0.114. The summed E-state index contributed by atoms with van der Waals surface area (Å²) in [5.41, 5.74) is 0. The molecule has 24 heavy (non-hydrogen) atoms. The number of amides is 1. The lowest BCUT2D eigenvalue weighted by Gasteiger charge is -2.30. The fourth-order valence-electron chi connectivity index (χ4n) is 1.87. The highest BCUT2D eigenvalue weighted by Gasteiger charge is 2.39. The van der Waals surface area contributed by atoms with Gasteiger partial charge in [0.15, 0.2) is 5.84 Å². The Morgan fingerprint density at radius 3 is 2.21 bits per heavy atom. The van der Waals surface area contributed by atoms with Gasteiger partial charge < -0.3 is 9.08 Å². The average Bonchev–Trinajstić information content (AvgIpc) is 2.45. The molecule has 0 aromatic heterocycles. The molecule has 0 bridgehead atoms. The summed E-state index contributed by atoms with van der Waals surface area (Å²) >= 11 is 33.5. The third kappa shape index (κ3) is 5.40. The van der Waals surface area contributed by atoms with Crippen LogP contribution in [0.25, 0.3) is 0 Å². The molecule has 2 rings (SSSR count). The lowest BCUT2D eigenvalue weighted by molar-refractivity contribution is -0.116. The van der Waals surface area contributed by atoms with Crippen molar-refractivity contribution in [1.29, 1.82) is 0 Å². The standard InChI is InChI=1S/C10H10Cl6N4O3S/c11-9(12,13)6-17-8(20-4-2-1-3-5-20)23-24(22,18-6)19-7(21)10(14,15)16/h1-5H2/t24-/m0/s1. The van der Waals surface area contributed by atoms with Crippen LogP contribution >= 0.6 is 69.6 Å². The average molecular weight is 479 g/mol. The first-order chi connectivity index (χ1) is 10.9. The molecule has 1 amide bonds. The van der Waals surface area contributed by atoms with E-state index in [0.29, 0.717) is 13.1 Å². The van der Waals surface area contributed by atoms with Crippen molar-refractivity contribution < 1.29 is 13.2 Å². The molecule has 0 radical (unpaired) electrons. The topological polar surface area (TPSA) is 83.7 Å². The van der Waals surface area contributed by atoms with E-state index in [0.717, 1.165) is 19.3 Å². The summed E-state index contributed by atoms with van der Waals surface area (Å²) in [7, 11) is -4.02. The molecule has 1 fully saturated rings. The van der Waals surface area contributed by atoms with Crippen LogP contribution in [0.15, 0.2) is 13.8 Å². The molecule has 0 unspecified atom stereocenters. The molecule has 0 aromatic carbocycles. The van der Waals surface area contributed by atoms with E-state index in [-0.39, 0.29) is 6.02 Å². The van der Waals surface area contributed by atoms with Gasteiger partial charge in [-0.3, -0.25) is 4.79 Å². The molecular weight excluding hydrogens is 469 g/mol. The van der Waals surface area contributed by atoms with Crippen molar-refractivity contribution in [2.45, 2.75) is 26.8 Å². The lowest BCUT2D eigenvalue weighted by atomic mass is 10.1. The van der Waals surface area contributed by atoms with Crippen LogP contribution in [0.1, 0.15) is 19.3 Å². The van der Waals surface area contributed by atoms with Crippen molar-refractivity contribution in [2.24, 2.45) is 13.8 Å². The summed E-state index contributed by atoms with van der Waals surface area (Å²) in [6.07, 6.45) is 2.77. The van der Waals surface area contributed by atoms with Gasteiger partial charge in [-0.25, -0.2) is 0 Å². The van der Waals surface area contributed by atoms with Crippen LogP contribution in [0.3, 0.4) is 0 Å². The molecule has 7 nitrogen and oxygen atoms in total. The first-order valence-corrected chi connectivity index (χ1v) is 10.2. The van der Waals surface area contributed by atoms with E-state index in [1.54, 1.807) is 4.90 Å². The van der Waals surface area contributed by atoms with E-state index in [1.807, 2.05) is 0 Å². The Morgan fingerprint density at radius 1 is 1.12 bits per heavy atom. The zero-order chi connectivity index (χ0) is 18.2. The van der Waals surface area contributed by atoms with E-state index in [9.17, 15) is 9.00 Å². The summed E-state index contributed by atoms with van der Waals surface area (Å²) < 4.78 is 20.1. The van der Waals surface area contributed by atoms with Crippen LogP contribution in [-0.2, 0) is 19.2 Å². The van der Waals surface area contributed by atoms with E-state index < -0.39 is 29.5 Å². The van der Waals surface area contributed by atoms with Gasteiger partial charge in [-0.2, -0.15) is 9.20 Å². The van der Waals surface area contributed by atoms with Gasteiger partial charge in [-0.05, 0) is 19.3 Å². The van der Waals surface area contributed by atoms with Gasteiger partial charge in [-0.1, -0.05) is 69.6 Å². The highest BCUT2D eigenvalue weighted by molar-refractivity contribution is 7.88. The molecular formula is C10H10Cl6N4O3S. The van der Waals surface area contributed by atoms with Crippen LogP contribution in [0.4, 0.5) is 0 Å². The second kappa shape index (κ2) is 7.50. The SMILES string of the molecule is O=C(N=[S@]1(=O)N=C(C(Cl)(Cl)Cl)N=C(N2CCCCC2)O1)C(Cl)(Cl)Cl. The Bertz CT molecular complexity index is 698. The van der Waals surface area contributed by atoms with Crippen molar-refractivity contribution >= 4 is 97.6 Å². The molecule has 14 heteroatoms. The molecule has 2 heterocycles. The number of carbonyl (C=O) groups is 1. The van der Waals surface area contributed by atoms with Gasteiger partial charge in [-0.15, -0.1) is 8.76 Å². The van der Waals surface area contributed by atoms with Crippen molar-refractivity contribution in [3.63, 3.8) is 0 Å². The maximum absolute atomic E-state index is 12.7. The van der Waals surface area contributed by atoms with Gasteiger partial charge >= 0.3 is 22.1 Å². The second-order valence-corrected chi connectivity index (χ2v) is 10.8. The Balaban J connectivity index is 2.46. The van der Waals surface area contributed by atoms with Gasteiger partial charge in [0.1, 0.15) is 0 Å². The number of rotatable bonds is 0. The Labute approximate surface area is 168 Å². The molecule has 2 aliphatic heterocycles. The van der Waals surface area contributed by atoms with E-state index in [4.69, 9.17) is 73.8 Å². The number of carbonyl (C=O) groups excluding carboxylic acids is 1. The number of alkyl halides is 6. The van der Waals surface area contributed by atoms with Crippen LogP contribution in [-0.4, -0.2) is 47.5 Å². The van der Waals surface area contributed by atoms with Crippen LogP contribution in [0, 0.1) is 0 Å². The predicted molar refractivity (Wildman–Crippen MR) is 97.5 cm³/mol. The molecule has 0 aliphatic carbocycles. The zero-order valence-corrected chi connectivity index (χ0v) is 17.1. The minimum atomic E-state index is -4.02. The molecule has 0 saturated carbocycles. The lowest BCUT2D eigenvalue weighted by Crippen LogP contribution is -2.41. The maximum atomic E-state index is 12.7. The highest BCUT2D eigenvalue weighted by Crippen LogP contribution is 2.33. The Kier molecular flexibility index (Phi) is 6.44. The minimum Gasteiger partial charge on any atom is -0.342 e. The largest absolute Gasteiger partial charge is 0.342 e. The molecule has 0 aromatic rings. The smallest absolute Gasteiger partial charge is 0.333 e. The first kappa shape index (κ1) is 20.6. The van der Waals surface area contributed by atoms with Crippen molar-refractivity contribution in [3.8, 4) is 0 Å². The number of hydrogen-bond donors (Lipinski definition) is 0. The second-order valence-electron chi connectivity index (χ2n) is 4.78. The third-order valence-electron chi connectivity index (χ3n) is 2.91. The quantitative estimate of drug-likeness (QED) is 0.495. The number of aliphatic imine (C=N–C) groups is 1. The Hall–Kier alpha value is 0.300. The molecule has 136 valence electrons. The number of hydrogen-bond acceptors (Lipinski definition) is 5. The van der Waals surface area contributed by atoms with Crippen LogP contribution in [0.2, 0.25) is 0 Å². The van der Waals surface area contributed by atoms with Gasteiger partial charge in [0, 0.05) is 13.1 Å². The van der Waals surface area contributed by atoms with Crippen molar-refractivity contribution in [1.82, 2.24) is 4.90 Å². The molecule has 2 aliphatic rings. The number of likely N-dealkylation sites (tertiary alicyclic amines) is 1. The highest BCUT2D eigenvalue weighted by atomic mass is 35.6.